The Labute approximate surface area is 337 Å². The first-order valence-corrected chi connectivity index (χ1v) is 21.4. The van der Waals surface area contributed by atoms with Crippen molar-refractivity contribution in [2.75, 3.05) is 67.5 Å². The molecule has 3 N–H and O–H groups in total. The molecule has 1 aliphatic heterocycles. The maximum Gasteiger partial charge on any atom is 0.263 e. The van der Waals surface area contributed by atoms with Gasteiger partial charge in [-0.15, -0.1) is 16.7 Å². The van der Waals surface area contributed by atoms with Crippen LogP contribution in [0.4, 0.5) is 22.9 Å². The standard InChI is InChI=1S/C42H45ClN8O3S2/c1-49(2)21-20-33(29-55-35-9-4-3-5-10-35)44-39-19-17-36(27-41(39)47-52)56(53,54)48-42-38-18-16-34(26-40(38)45-46-42)51-24-22-50(23-25-51)28-31-8-6-7-11-37(31)30-12-14-32(43)15-13-30/h3-19,26-27,33,44H,20-25,28-29H2,1-2H3,(H2,45,46,48)/t33-/m1/s1. The molecule has 11 nitrogen and oxygen atoms in total. The van der Waals surface area contributed by atoms with Crippen molar-refractivity contribution in [2.24, 2.45) is 5.18 Å². The number of H-pyrrole nitrogens is 1. The molecule has 1 saturated heterocycles. The number of piperazine rings is 1. The molecule has 6 aromatic rings. The molecule has 0 saturated carbocycles. The molecule has 1 aromatic heterocycles. The molecule has 0 unspecified atom stereocenters. The summed E-state index contributed by atoms with van der Waals surface area (Å²) < 4.78 is 29.9. The number of nitroso groups, excluding NO2 is 1. The third kappa shape index (κ3) is 9.71. The van der Waals surface area contributed by atoms with Gasteiger partial charge in [0.05, 0.1) is 16.1 Å². The van der Waals surface area contributed by atoms with E-state index in [1.165, 1.54) is 23.3 Å². The van der Waals surface area contributed by atoms with Crippen LogP contribution < -0.4 is 14.9 Å². The van der Waals surface area contributed by atoms with Gasteiger partial charge in [0.25, 0.3) is 10.0 Å². The zero-order valence-electron chi connectivity index (χ0n) is 31.4. The molecule has 5 aromatic carbocycles. The van der Waals surface area contributed by atoms with Crippen LogP contribution >= 0.6 is 23.4 Å². The Balaban J connectivity index is 0.988. The van der Waals surface area contributed by atoms with Crippen molar-refractivity contribution < 1.29 is 8.42 Å². The van der Waals surface area contributed by atoms with E-state index in [0.717, 1.165) is 72.6 Å². The van der Waals surface area contributed by atoms with Crippen molar-refractivity contribution in [3.8, 4) is 11.1 Å². The lowest BCUT2D eigenvalue weighted by Gasteiger charge is -2.36. The number of benzene rings is 5. The Morgan fingerprint density at radius 3 is 2.41 bits per heavy atom. The summed E-state index contributed by atoms with van der Waals surface area (Å²) in [5.74, 6) is 0.934. The highest BCUT2D eigenvalue weighted by atomic mass is 35.5. The number of aromatic amines is 1. The van der Waals surface area contributed by atoms with Gasteiger partial charge in [-0.25, -0.2) is 8.42 Å². The second-order valence-corrected chi connectivity index (χ2v) is 17.4. The molecule has 0 bridgehead atoms. The highest BCUT2D eigenvalue weighted by molar-refractivity contribution is 7.99. The van der Waals surface area contributed by atoms with Crippen LogP contribution in [0.1, 0.15) is 12.0 Å². The van der Waals surface area contributed by atoms with Gasteiger partial charge in [-0.3, -0.25) is 14.7 Å². The maximum absolute atomic E-state index is 13.6. The molecule has 2 heterocycles. The molecule has 1 aliphatic rings. The second kappa shape index (κ2) is 17.9. The molecule has 0 aliphatic carbocycles. The first-order valence-electron chi connectivity index (χ1n) is 18.5. The van der Waals surface area contributed by atoms with Gasteiger partial charge in [0.15, 0.2) is 5.82 Å². The van der Waals surface area contributed by atoms with Crippen molar-refractivity contribution in [3.63, 3.8) is 0 Å². The molecule has 1 atom stereocenters. The molecule has 14 heteroatoms. The van der Waals surface area contributed by atoms with Gasteiger partial charge in [-0.05, 0) is 110 Å². The number of fused-ring (bicyclic) bond motifs is 1. The van der Waals surface area contributed by atoms with Gasteiger partial charge in [0.1, 0.15) is 5.69 Å². The van der Waals surface area contributed by atoms with Crippen LogP contribution in [0.2, 0.25) is 5.02 Å². The van der Waals surface area contributed by atoms with E-state index in [4.69, 9.17) is 11.6 Å². The average molecular weight is 809 g/mol. The summed E-state index contributed by atoms with van der Waals surface area (Å²) in [6.45, 7) is 5.19. The fraction of sp³-hybridized carbons (Fsp3) is 0.262. The van der Waals surface area contributed by atoms with E-state index >= 15 is 0 Å². The summed E-state index contributed by atoms with van der Waals surface area (Å²) in [4.78, 5) is 20.0. The van der Waals surface area contributed by atoms with E-state index < -0.39 is 10.0 Å². The summed E-state index contributed by atoms with van der Waals surface area (Å²) in [6.07, 6.45) is 0.817. The molecule has 0 spiro atoms. The highest BCUT2D eigenvalue weighted by Crippen LogP contribution is 2.33. The fourth-order valence-electron chi connectivity index (χ4n) is 6.86. The first-order chi connectivity index (χ1) is 27.1. The third-order valence-corrected chi connectivity index (χ3v) is 12.7. The van der Waals surface area contributed by atoms with Gasteiger partial charge in [0, 0.05) is 65.5 Å². The summed E-state index contributed by atoms with van der Waals surface area (Å²) in [5, 5.41) is 15.3. The van der Waals surface area contributed by atoms with Crippen molar-refractivity contribution in [2.45, 2.75) is 28.8 Å². The lowest BCUT2D eigenvalue weighted by atomic mass is 9.99. The summed E-state index contributed by atoms with van der Waals surface area (Å²) in [5.41, 5.74) is 5.90. The first kappa shape index (κ1) is 39.3. The van der Waals surface area contributed by atoms with Gasteiger partial charge in [-0.1, -0.05) is 66.2 Å². The van der Waals surface area contributed by atoms with Crippen LogP contribution in [-0.2, 0) is 16.6 Å². The van der Waals surface area contributed by atoms with Crippen molar-refractivity contribution >= 4 is 67.2 Å². The quantitative estimate of drug-likeness (QED) is 0.0649. The Bertz CT molecular complexity index is 2370. The van der Waals surface area contributed by atoms with Gasteiger partial charge in [0.2, 0.25) is 0 Å². The topological polar surface area (TPSA) is 126 Å². The summed E-state index contributed by atoms with van der Waals surface area (Å²) in [7, 11) is -0.0654. The zero-order valence-corrected chi connectivity index (χ0v) is 33.7. The number of hydrogen-bond acceptors (Lipinski definition) is 10. The van der Waals surface area contributed by atoms with Crippen molar-refractivity contribution in [1.82, 2.24) is 20.0 Å². The minimum absolute atomic E-state index is 0.0103. The van der Waals surface area contributed by atoms with Crippen LogP contribution in [0.5, 0.6) is 0 Å². The molecule has 0 amide bonds. The number of halogens is 1. The molecular weight excluding hydrogens is 764 g/mol. The highest BCUT2D eigenvalue weighted by Gasteiger charge is 2.23. The Morgan fingerprint density at radius 2 is 1.66 bits per heavy atom. The van der Waals surface area contributed by atoms with Gasteiger partial charge in [-0.2, -0.15) is 5.10 Å². The number of nitrogens with one attached hydrogen (secondary N) is 3. The van der Waals surface area contributed by atoms with E-state index in [0.29, 0.717) is 16.6 Å². The van der Waals surface area contributed by atoms with E-state index in [1.54, 1.807) is 17.8 Å². The number of sulfonamides is 1. The molecule has 56 heavy (non-hydrogen) atoms. The van der Waals surface area contributed by atoms with E-state index in [9.17, 15) is 13.3 Å². The van der Waals surface area contributed by atoms with Crippen LogP contribution in [0.15, 0.2) is 130 Å². The number of aromatic nitrogens is 2. The van der Waals surface area contributed by atoms with E-state index in [-0.39, 0.29) is 22.4 Å². The van der Waals surface area contributed by atoms with Crippen LogP contribution in [0, 0.1) is 4.91 Å². The monoisotopic (exact) mass is 808 g/mol. The minimum Gasteiger partial charge on any atom is -0.380 e. The number of nitrogens with zero attached hydrogens (tertiary/aromatic N) is 5. The second-order valence-electron chi connectivity index (χ2n) is 14.2. The largest absolute Gasteiger partial charge is 0.380 e. The maximum atomic E-state index is 13.6. The number of thioether (sulfide) groups is 1. The Kier molecular flexibility index (Phi) is 12.6. The Hall–Kier alpha value is -4.92. The SMILES string of the molecule is CN(C)CC[C@H](CSc1ccccc1)Nc1ccc(S(=O)(=O)Nc2n[nH]c3cc(N4CCN(Cc5ccccc5-c5ccc(Cl)cc5)CC4)ccc23)cc1N=O. The number of anilines is 3. The lowest BCUT2D eigenvalue weighted by Crippen LogP contribution is -2.46. The fourth-order valence-corrected chi connectivity index (χ4v) is 9.02. The third-order valence-electron chi connectivity index (χ3n) is 9.94. The molecule has 7 rings (SSSR count). The number of rotatable bonds is 16. The van der Waals surface area contributed by atoms with Gasteiger partial charge >= 0.3 is 0 Å². The predicted molar refractivity (Wildman–Crippen MR) is 231 cm³/mol. The van der Waals surface area contributed by atoms with Crippen LogP contribution in [0.3, 0.4) is 0 Å². The smallest absolute Gasteiger partial charge is 0.263 e. The van der Waals surface area contributed by atoms with Gasteiger partial charge < -0.3 is 15.1 Å². The normalized spacial score (nSPS) is 14.2. The van der Waals surface area contributed by atoms with E-state index in [2.05, 4.69) is 88.6 Å². The molecule has 290 valence electrons. The summed E-state index contributed by atoms with van der Waals surface area (Å²) in [6, 6.07) is 36.9. The molecule has 1 fully saturated rings. The average Bonchev–Trinajstić information content (AvgIpc) is 3.61. The Morgan fingerprint density at radius 1 is 0.911 bits per heavy atom. The van der Waals surface area contributed by atoms with Crippen molar-refractivity contribution in [1.29, 1.82) is 0 Å². The number of hydrogen-bond donors (Lipinski definition) is 3. The summed E-state index contributed by atoms with van der Waals surface area (Å²) >= 11 is 7.86. The van der Waals surface area contributed by atoms with Crippen molar-refractivity contribution in [3.05, 3.63) is 131 Å². The minimum atomic E-state index is -4.10. The molecular formula is C42H45ClN8O3S2. The van der Waals surface area contributed by atoms with E-state index in [1.807, 2.05) is 62.6 Å². The van der Waals surface area contributed by atoms with Crippen LogP contribution in [0.25, 0.3) is 22.0 Å². The van der Waals surface area contributed by atoms with Crippen LogP contribution in [-0.4, -0.2) is 87.0 Å². The lowest BCUT2D eigenvalue weighted by molar-refractivity contribution is 0.250. The predicted octanol–water partition coefficient (Wildman–Crippen LogP) is 8.93. The molecule has 0 radical (unpaired) electrons. The zero-order chi connectivity index (χ0) is 39.1.